The lowest BCUT2D eigenvalue weighted by molar-refractivity contribution is -0.121. The number of benzene rings is 3. The van der Waals surface area contributed by atoms with Gasteiger partial charge in [-0.3, -0.25) is 4.79 Å². The standard InChI is InChI=1S/C24H24ClN3O4S/c1-18-12-13-22(32-2)23(14-18)33(30,31)28(16-19-8-4-3-5-9-19)17-24(29)27-26-15-20-10-6-7-11-21(20)25/h3-15H,16-17H2,1-2H3,(H,27,29). The van der Waals surface area contributed by atoms with Crippen molar-refractivity contribution in [2.24, 2.45) is 5.10 Å². The summed E-state index contributed by atoms with van der Waals surface area (Å²) in [7, 11) is -2.66. The first-order valence-corrected chi connectivity index (χ1v) is 11.9. The van der Waals surface area contributed by atoms with E-state index >= 15 is 0 Å². The Morgan fingerprint density at radius 1 is 1.09 bits per heavy atom. The molecule has 1 N–H and O–H groups in total. The second-order valence-electron chi connectivity index (χ2n) is 7.23. The molecule has 0 aliphatic rings. The van der Waals surface area contributed by atoms with E-state index in [1.54, 1.807) is 67.6 Å². The van der Waals surface area contributed by atoms with Crippen molar-refractivity contribution in [1.29, 1.82) is 0 Å². The van der Waals surface area contributed by atoms with Gasteiger partial charge in [0.15, 0.2) is 0 Å². The average molecular weight is 486 g/mol. The predicted molar refractivity (Wildman–Crippen MR) is 129 cm³/mol. The molecule has 0 bridgehead atoms. The number of aryl methyl sites for hydroxylation is 1. The number of carbonyl (C=O) groups excluding carboxylic acids is 1. The quantitative estimate of drug-likeness (QED) is 0.366. The van der Waals surface area contributed by atoms with Crippen LogP contribution in [0.2, 0.25) is 5.02 Å². The average Bonchev–Trinajstić information content (AvgIpc) is 2.80. The number of hydrogen-bond donors (Lipinski definition) is 1. The number of amides is 1. The largest absolute Gasteiger partial charge is 0.495 e. The maximum atomic E-state index is 13.6. The highest BCUT2D eigenvalue weighted by molar-refractivity contribution is 7.89. The van der Waals surface area contributed by atoms with E-state index in [1.807, 2.05) is 6.07 Å². The third-order valence-corrected chi connectivity index (χ3v) is 6.91. The minimum Gasteiger partial charge on any atom is -0.495 e. The SMILES string of the molecule is COc1ccc(C)cc1S(=O)(=O)N(CC(=O)NN=Cc1ccccc1Cl)Cc1ccccc1. The minimum atomic E-state index is -4.07. The fraction of sp³-hybridized carbons (Fsp3) is 0.167. The van der Waals surface area contributed by atoms with Gasteiger partial charge in [0.1, 0.15) is 10.6 Å². The number of nitrogens with zero attached hydrogens (tertiary/aromatic N) is 2. The van der Waals surface area contributed by atoms with Crippen molar-refractivity contribution < 1.29 is 17.9 Å². The molecular weight excluding hydrogens is 462 g/mol. The number of nitrogens with one attached hydrogen (secondary N) is 1. The van der Waals surface area contributed by atoms with Gasteiger partial charge in [-0.2, -0.15) is 9.41 Å². The Balaban J connectivity index is 1.86. The first-order chi connectivity index (χ1) is 15.8. The van der Waals surface area contributed by atoms with Crippen molar-refractivity contribution in [1.82, 2.24) is 9.73 Å². The molecule has 3 aromatic rings. The van der Waals surface area contributed by atoms with Crippen LogP contribution in [-0.4, -0.2) is 38.5 Å². The third-order valence-electron chi connectivity index (χ3n) is 4.76. The summed E-state index contributed by atoms with van der Waals surface area (Å²) >= 11 is 6.08. The summed E-state index contributed by atoms with van der Waals surface area (Å²) < 4.78 is 33.5. The highest BCUT2D eigenvalue weighted by Crippen LogP contribution is 2.28. The van der Waals surface area contributed by atoms with Gasteiger partial charge in [0.2, 0.25) is 10.0 Å². The molecule has 0 radical (unpaired) electrons. The Bertz CT molecular complexity index is 1250. The van der Waals surface area contributed by atoms with Crippen LogP contribution in [0.25, 0.3) is 0 Å². The van der Waals surface area contributed by atoms with Crippen molar-refractivity contribution in [3.8, 4) is 5.75 Å². The van der Waals surface area contributed by atoms with Crippen LogP contribution in [0.1, 0.15) is 16.7 Å². The molecule has 0 saturated heterocycles. The normalized spacial score (nSPS) is 11.6. The molecule has 0 aliphatic carbocycles. The Hall–Kier alpha value is -3.20. The number of halogens is 1. The van der Waals surface area contributed by atoms with E-state index in [0.29, 0.717) is 10.6 Å². The van der Waals surface area contributed by atoms with Crippen molar-refractivity contribution in [2.45, 2.75) is 18.4 Å². The monoisotopic (exact) mass is 485 g/mol. The van der Waals surface area contributed by atoms with Crippen LogP contribution in [0.5, 0.6) is 5.75 Å². The van der Waals surface area contributed by atoms with E-state index in [0.717, 1.165) is 15.4 Å². The second kappa shape index (κ2) is 11.1. The fourth-order valence-electron chi connectivity index (χ4n) is 3.09. The van der Waals surface area contributed by atoms with Crippen molar-refractivity contribution >= 4 is 33.7 Å². The van der Waals surface area contributed by atoms with Gasteiger partial charge in [-0.05, 0) is 36.2 Å². The zero-order valence-corrected chi connectivity index (χ0v) is 19.8. The smallest absolute Gasteiger partial charge is 0.255 e. The Labute approximate surface area is 198 Å². The summed E-state index contributed by atoms with van der Waals surface area (Å²) in [6.45, 7) is 1.35. The van der Waals surface area contributed by atoms with E-state index < -0.39 is 22.5 Å². The zero-order chi connectivity index (χ0) is 23.8. The molecule has 0 atom stereocenters. The van der Waals surface area contributed by atoms with Crippen LogP contribution >= 0.6 is 11.6 Å². The predicted octanol–water partition coefficient (Wildman–Crippen LogP) is 4.00. The van der Waals surface area contributed by atoms with Gasteiger partial charge in [0.25, 0.3) is 5.91 Å². The fourth-order valence-corrected chi connectivity index (χ4v) is 4.90. The Morgan fingerprint density at radius 2 is 1.79 bits per heavy atom. The van der Waals surface area contributed by atoms with Crippen molar-refractivity contribution in [3.63, 3.8) is 0 Å². The number of hydrogen-bond acceptors (Lipinski definition) is 5. The van der Waals surface area contributed by atoms with Gasteiger partial charge in [-0.1, -0.05) is 66.2 Å². The molecule has 9 heteroatoms. The maximum Gasteiger partial charge on any atom is 0.255 e. The lowest BCUT2D eigenvalue weighted by Gasteiger charge is -2.23. The van der Waals surface area contributed by atoms with E-state index in [2.05, 4.69) is 10.5 Å². The van der Waals surface area contributed by atoms with Gasteiger partial charge >= 0.3 is 0 Å². The number of methoxy groups -OCH3 is 1. The van der Waals surface area contributed by atoms with Gasteiger partial charge in [-0.15, -0.1) is 0 Å². The number of carbonyl (C=O) groups is 1. The summed E-state index contributed by atoms with van der Waals surface area (Å²) in [5, 5.41) is 4.39. The summed E-state index contributed by atoms with van der Waals surface area (Å²) in [6.07, 6.45) is 1.40. The number of hydrazone groups is 1. The Kier molecular flexibility index (Phi) is 8.21. The van der Waals surface area contributed by atoms with Crippen LogP contribution in [0.15, 0.2) is 82.8 Å². The summed E-state index contributed by atoms with van der Waals surface area (Å²) in [6, 6.07) is 20.9. The van der Waals surface area contributed by atoms with Crippen LogP contribution in [0.3, 0.4) is 0 Å². The highest BCUT2D eigenvalue weighted by atomic mass is 35.5. The molecular formula is C24H24ClN3O4S. The van der Waals surface area contributed by atoms with E-state index in [-0.39, 0.29) is 17.2 Å². The zero-order valence-electron chi connectivity index (χ0n) is 18.2. The summed E-state index contributed by atoms with van der Waals surface area (Å²) in [5.41, 5.74) is 4.48. The number of sulfonamides is 1. The first-order valence-electron chi connectivity index (χ1n) is 10.1. The highest BCUT2D eigenvalue weighted by Gasteiger charge is 2.30. The molecule has 0 aliphatic heterocycles. The Morgan fingerprint density at radius 3 is 2.48 bits per heavy atom. The molecule has 1 amide bonds. The molecule has 0 heterocycles. The van der Waals surface area contributed by atoms with Crippen LogP contribution in [0.4, 0.5) is 0 Å². The maximum absolute atomic E-state index is 13.6. The molecule has 0 unspecified atom stereocenters. The molecule has 33 heavy (non-hydrogen) atoms. The molecule has 0 saturated carbocycles. The van der Waals surface area contributed by atoms with Crippen LogP contribution in [0, 0.1) is 6.92 Å². The molecule has 0 aromatic heterocycles. The van der Waals surface area contributed by atoms with Gasteiger partial charge in [0, 0.05) is 17.1 Å². The van der Waals surface area contributed by atoms with Gasteiger partial charge in [0.05, 0.1) is 19.9 Å². The van der Waals surface area contributed by atoms with Crippen LogP contribution in [-0.2, 0) is 21.4 Å². The minimum absolute atomic E-state index is 0.00190. The van der Waals surface area contributed by atoms with Crippen molar-refractivity contribution in [3.05, 3.63) is 94.5 Å². The number of rotatable bonds is 9. The molecule has 172 valence electrons. The van der Waals surface area contributed by atoms with Gasteiger partial charge < -0.3 is 4.74 Å². The number of ether oxygens (including phenoxy) is 1. The second-order valence-corrected chi connectivity index (χ2v) is 9.54. The van der Waals surface area contributed by atoms with E-state index in [1.165, 1.54) is 19.4 Å². The van der Waals surface area contributed by atoms with Gasteiger partial charge in [-0.25, -0.2) is 13.8 Å². The lowest BCUT2D eigenvalue weighted by atomic mass is 10.2. The molecule has 3 aromatic carbocycles. The first kappa shape index (κ1) is 24.4. The summed E-state index contributed by atoms with van der Waals surface area (Å²) in [5.74, 6) is -0.389. The van der Waals surface area contributed by atoms with E-state index in [4.69, 9.17) is 16.3 Å². The molecule has 7 nitrogen and oxygen atoms in total. The summed E-state index contributed by atoms with van der Waals surface area (Å²) in [4.78, 5) is 12.6. The van der Waals surface area contributed by atoms with Crippen LogP contribution < -0.4 is 10.2 Å². The topological polar surface area (TPSA) is 88.1 Å². The molecule has 3 rings (SSSR count). The van der Waals surface area contributed by atoms with Crippen molar-refractivity contribution in [2.75, 3.05) is 13.7 Å². The molecule has 0 spiro atoms. The van der Waals surface area contributed by atoms with E-state index in [9.17, 15) is 13.2 Å². The molecule has 0 fully saturated rings. The third kappa shape index (κ3) is 6.41. The lowest BCUT2D eigenvalue weighted by Crippen LogP contribution is -2.39.